The van der Waals surface area contributed by atoms with Crippen LogP contribution in [0.25, 0.3) is 5.57 Å². The summed E-state index contributed by atoms with van der Waals surface area (Å²) in [7, 11) is 1.56. The van der Waals surface area contributed by atoms with Gasteiger partial charge in [-0.2, -0.15) is 0 Å². The molecule has 0 N–H and O–H groups in total. The van der Waals surface area contributed by atoms with Crippen molar-refractivity contribution in [2.24, 2.45) is 0 Å². The SMILES string of the molecule is COc1ccccc1C1=C(Sc2ccccc2)C(=O)N(c2ccc(C)cc2C)C1=O. The van der Waals surface area contributed by atoms with E-state index < -0.39 is 0 Å². The van der Waals surface area contributed by atoms with E-state index in [4.69, 9.17) is 4.74 Å². The minimum Gasteiger partial charge on any atom is -0.496 e. The highest BCUT2D eigenvalue weighted by Gasteiger charge is 2.41. The Hall–Kier alpha value is -3.31. The minimum absolute atomic E-state index is 0.318. The quantitative estimate of drug-likeness (QED) is 0.524. The van der Waals surface area contributed by atoms with Gasteiger partial charge < -0.3 is 4.74 Å². The highest BCUT2D eigenvalue weighted by molar-refractivity contribution is 8.04. The topological polar surface area (TPSA) is 46.6 Å². The molecule has 3 aromatic rings. The second kappa shape index (κ2) is 8.20. The van der Waals surface area contributed by atoms with Crippen molar-refractivity contribution in [1.29, 1.82) is 0 Å². The molecule has 0 bridgehead atoms. The van der Waals surface area contributed by atoms with Gasteiger partial charge >= 0.3 is 0 Å². The number of hydrogen-bond donors (Lipinski definition) is 0. The van der Waals surface area contributed by atoms with Crippen molar-refractivity contribution in [2.75, 3.05) is 12.0 Å². The summed E-state index contributed by atoms with van der Waals surface area (Å²) >= 11 is 1.30. The van der Waals surface area contributed by atoms with Gasteiger partial charge in [-0.15, -0.1) is 0 Å². The molecule has 3 aromatic carbocycles. The normalized spacial score (nSPS) is 13.9. The van der Waals surface area contributed by atoms with Gasteiger partial charge in [0.15, 0.2) is 0 Å². The van der Waals surface area contributed by atoms with Gasteiger partial charge in [-0.25, -0.2) is 4.90 Å². The van der Waals surface area contributed by atoms with E-state index in [1.54, 1.807) is 13.2 Å². The molecule has 0 unspecified atom stereocenters. The smallest absolute Gasteiger partial charge is 0.272 e. The average Bonchev–Trinajstić information content (AvgIpc) is 2.98. The van der Waals surface area contributed by atoms with Crippen LogP contribution in [0.4, 0.5) is 5.69 Å². The number of aryl methyl sites for hydroxylation is 2. The van der Waals surface area contributed by atoms with Crippen LogP contribution in [0.2, 0.25) is 0 Å². The molecule has 5 heteroatoms. The number of carbonyl (C=O) groups excluding carboxylic acids is 2. The Labute approximate surface area is 180 Å². The molecule has 1 aliphatic heterocycles. The van der Waals surface area contributed by atoms with E-state index in [0.717, 1.165) is 16.0 Å². The number of hydrogen-bond acceptors (Lipinski definition) is 4. The summed E-state index contributed by atoms with van der Waals surface area (Å²) in [6, 6.07) is 22.6. The van der Waals surface area contributed by atoms with Crippen molar-refractivity contribution in [3.63, 3.8) is 0 Å². The third-order valence-electron chi connectivity index (χ3n) is 4.97. The Morgan fingerprint density at radius 2 is 1.53 bits per heavy atom. The molecular weight excluding hydrogens is 394 g/mol. The number of imide groups is 1. The number of amides is 2. The van der Waals surface area contributed by atoms with E-state index in [2.05, 4.69) is 0 Å². The van der Waals surface area contributed by atoms with E-state index in [0.29, 0.717) is 27.5 Å². The van der Waals surface area contributed by atoms with Gasteiger partial charge in [0.05, 0.1) is 23.3 Å². The number of nitrogens with zero attached hydrogens (tertiary/aromatic N) is 1. The highest BCUT2D eigenvalue weighted by atomic mass is 32.2. The van der Waals surface area contributed by atoms with Crippen molar-refractivity contribution in [2.45, 2.75) is 18.7 Å². The van der Waals surface area contributed by atoms with Crippen molar-refractivity contribution in [1.82, 2.24) is 0 Å². The first-order valence-corrected chi connectivity index (χ1v) is 10.4. The number of carbonyl (C=O) groups is 2. The molecule has 0 saturated heterocycles. The van der Waals surface area contributed by atoms with Crippen molar-refractivity contribution in [3.8, 4) is 5.75 Å². The molecule has 1 heterocycles. The highest BCUT2D eigenvalue weighted by Crippen LogP contribution is 2.44. The van der Waals surface area contributed by atoms with Crippen LogP contribution in [0.1, 0.15) is 16.7 Å². The zero-order chi connectivity index (χ0) is 21.3. The number of benzene rings is 3. The lowest BCUT2D eigenvalue weighted by Gasteiger charge is -2.18. The Bertz CT molecular complexity index is 1170. The van der Waals surface area contributed by atoms with E-state index in [1.807, 2.05) is 80.6 Å². The molecular formula is C25H21NO3S. The molecule has 0 atom stereocenters. The predicted octanol–water partition coefficient (Wildman–Crippen LogP) is 5.39. The van der Waals surface area contributed by atoms with Crippen LogP contribution in [0.3, 0.4) is 0 Å². The van der Waals surface area contributed by atoms with Crippen molar-refractivity contribution in [3.05, 3.63) is 94.4 Å². The van der Waals surface area contributed by atoms with Crippen LogP contribution < -0.4 is 9.64 Å². The number of anilines is 1. The molecule has 0 aromatic heterocycles. The van der Waals surface area contributed by atoms with Gasteiger partial charge in [0.2, 0.25) is 0 Å². The van der Waals surface area contributed by atoms with Crippen molar-refractivity contribution < 1.29 is 14.3 Å². The first-order valence-electron chi connectivity index (χ1n) is 9.58. The third-order valence-corrected chi connectivity index (χ3v) is 6.06. The van der Waals surface area contributed by atoms with Gasteiger partial charge in [-0.05, 0) is 43.7 Å². The zero-order valence-corrected chi connectivity index (χ0v) is 17.8. The molecule has 0 saturated carbocycles. The summed E-state index contributed by atoms with van der Waals surface area (Å²) in [5, 5.41) is 0. The Morgan fingerprint density at radius 1 is 0.833 bits per heavy atom. The second-order valence-corrected chi connectivity index (χ2v) is 8.14. The number of ether oxygens (including phenoxy) is 1. The second-order valence-electron chi connectivity index (χ2n) is 7.06. The molecule has 4 nitrogen and oxygen atoms in total. The van der Waals surface area contributed by atoms with E-state index in [9.17, 15) is 9.59 Å². The van der Waals surface area contributed by atoms with E-state index >= 15 is 0 Å². The summed E-state index contributed by atoms with van der Waals surface area (Å²) in [5.74, 6) is -0.0983. The first kappa shape index (κ1) is 20.0. The maximum atomic E-state index is 13.6. The zero-order valence-electron chi connectivity index (χ0n) is 17.0. The van der Waals surface area contributed by atoms with Gasteiger partial charge in [0.25, 0.3) is 11.8 Å². The summed E-state index contributed by atoms with van der Waals surface area (Å²) in [6.45, 7) is 3.90. The molecule has 4 rings (SSSR count). The molecule has 2 amide bonds. The first-order chi connectivity index (χ1) is 14.5. The molecule has 1 aliphatic rings. The predicted molar refractivity (Wildman–Crippen MR) is 121 cm³/mol. The minimum atomic E-state index is -0.338. The van der Waals surface area contributed by atoms with Crippen LogP contribution in [0.5, 0.6) is 5.75 Å². The van der Waals surface area contributed by atoms with Crippen LogP contribution in [-0.4, -0.2) is 18.9 Å². The Morgan fingerprint density at radius 3 is 2.23 bits per heavy atom. The van der Waals surface area contributed by atoms with Gasteiger partial charge in [0.1, 0.15) is 5.75 Å². The summed E-state index contributed by atoms with van der Waals surface area (Å²) < 4.78 is 5.49. The van der Waals surface area contributed by atoms with Crippen LogP contribution in [0, 0.1) is 13.8 Å². The van der Waals surface area contributed by atoms with Gasteiger partial charge in [0, 0.05) is 10.5 Å². The maximum absolute atomic E-state index is 13.6. The molecule has 0 radical (unpaired) electrons. The number of thioether (sulfide) groups is 1. The van der Waals surface area contributed by atoms with Gasteiger partial charge in [-0.1, -0.05) is 65.9 Å². The van der Waals surface area contributed by atoms with Crippen LogP contribution >= 0.6 is 11.8 Å². The largest absolute Gasteiger partial charge is 0.496 e. The molecule has 0 aliphatic carbocycles. The lowest BCUT2D eigenvalue weighted by atomic mass is 10.0. The standard InChI is InChI=1S/C25H21NO3S/c1-16-13-14-20(17(2)15-16)26-24(27)22(19-11-7-8-12-21(19)29-3)23(25(26)28)30-18-9-5-4-6-10-18/h4-15H,1-3H3. The lowest BCUT2D eigenvalue weighted by molar-refractivity contribution is -0.119. The number of methoxy groups -OCH3 is 1. The molecule has 0 fully saturated rings. The molecule has 150 valence electrons. The monoisotopic (exact) mass is 415 g/mol. The fraction of sp³-hybridized carbons (Fsp3) is 0.120. The van der Waals surface area contributed by atoms with E-state index in [-0.39, 0.29) is 11.8 Å². The number of rotatable bonds is 5. The average molecular weight is 416 g/mol. The van der Waals surface area contributed by atoms with E-state index in [1.165, 1.54) is 16.7 Å². The summed E-state index contributed by atoms with van der Waals surface area (Å²) in [4.78, 5) is 29.7. The Balaban J connectivity index is 1.88. The maximum Gasteiger partial charge on any atom is 0.272 e. The van der Waals surface area contributed by atoms with Crippen LogP contribution in [-0.2, 0) is 9.59 Å². The van der Waals surface area contributed by atoms with Crippen molar-refractivity contribution >= 4 is 34.8 Å². The number of para-hydroxylation sites is 1. The molecule has 0 spiro atoms. The van der Waals surface area contributed by atoms with Crippen LogP contribution in [0.15, 0.2) is 82.6 Å². The summed E-state index contributed by atoms with van der Waals surface area (Å²) in [6.07, 6.45) is 0. The van der Waals surface area contributed by atoms with Gasteiger partial charge in [-0.3, -0.25) is 9.59 Å². The molecule has 30 heavy (non-hydrogen) atoms. The fourth-order valence-electron chi connectivity index (χ4n) is 3.57. The fourth-order valence-corrected chi connectivity index (χ4v) is 4.58. The Kier molecular flexibility index (Phi) is 5.46. The third kappa shape index (κ3) is 3.53. The summed E-state index contributed by atoms with van der Waals surface area (Å²) in [5.41, 5.74) is 3.54. The lowest BCUT2D eigenvalue weighted by Crippen LogP contribution is -2.32.